The van der Waals surface area contributed by atoms with Gasteiger partial charge in [0.15, 0.2) is 23.1 Å². The van der Waals surface area contributed by atoms with Gasteiger partial charge in [-0.1, -0.05) is 0 Å². The molecule has 1 aromatic carbocycles. The first-order chi connectivity index (χ1) is 7.02. The highest BCUT2D eigenvalue weighted by Gasteiger charge is 2.19. The van der Waals surface area contributed by atoms with Gasteiger partial charge in [0.05, 0.1) is 24.3 Å². The van der Waals surface area contributed by atoms with Crippen molar-refractivity contribution in [2.24, 2.45) is 0 Å². The van der Waals surface area contributed by atoms with Crippen molar-refractivity contribution in [3.05, 3.63) is 21.9 Å². The molecule has 82 valence electrons. The number of rotatable bonds is 3. The van der Waals surface area contributed by atoms with Gasteiger partial charge in [0.1, 0.15) is 0 Å². The molecule has 0 atom stereocenters. The standard InChI is InChI=1S/C10H10BrFO3/c1-5(13)6-4-7(14-2)10(15-3)8(11)9(6)12/h4H,1-3H3. The molecule has 0 aliphatic heterocycles. The second kappa shape index (κ2) is 4.61. The summed E-state index contributed by atoms with van der Waals surface area (Å²) in [6.45, 7) is 1.29. The van der Waals surface area contributed by atoms with Crippen LogP contribution in [0.3, 0.4) is 0 Å². The number of carbonyl (C=O) groups is 1. The van der Waals surface area contributed by atoms with Crippen LogP contribution in [0, 0.1) is 5.82 Å². The van der Waals surface area contributed by atoms with E-state index in [0.29, 0.717) is 5.75 Å². The Morgan fingerprint density at radius 3 is 2.40 bits per heavy atom. The highest BCUT2D eigenvalue weighted by Crippen LogP contribution is 2.38. The summed E-state index contributed by atoms with van der Waals surface area (Å²) in [6, 6.07) is 1.32. The number of benzene rings is 1. The van der Waals surface area contributed by atoms with Crippen molar-refractivity contribution in [1.29, 1.82) is 0 Å². The molecule has 5 heteroatoms. The minimum atomic E-state index is -0.639. The Morgan fingerprint density at radius 1 is 1.40 bits per heavy atom. The predicted octanol–water partition coefficient (Wildman–Crippen LogP) is 2.81. The van der Waals surface area contributed by atoms with Crippen molar-refractivity contribution in [1.82, 2.24) is 0 Å². The Hall–Kier alpha value is -1.10. The molecule has 0 spiro atoms. The van der Waals surface area contributed by atoms with Gasteiger partial charge in [-0.2, -0.15) is 0 Å². The number of ketones is 1. The molecule has 0 unspecified atom stereocenters. The minimum absolute atomic E-state index is 0.0282. The van der Waals surface area contributed by atoms with E-state index in [9.17, 15) is 9.18 Å². The molecular weight excluding hydrogens is 267 g/mol. The van der Waals surface area contributed by atoms with E-state index in [-0.39, 0.29) is 21.6 Å². The number of Topliss-reactive ketones (excluding diaryl/α,β-unsaturated/α-hetero) is 1. The third-order valence-electron chi connectivity index (χ3n) is 1.93. The first-order valence-corrected chi connectivity index (χ1v) is 4.93. The van der Waals surface area contributed by atoms with Crippen molar-refractivity contribution in [3.8, 4) is 11.5 Å². The van der Waals surface area contributed by atoms with Gasteiger partial charge in [-0.3, -0.25) is 4.79 Å². The number of halogens is 2. The quantitative estimate of drug-likeness (QED) is 0.797. The van der Waals surface area contributed by atoms with Crippen molar-refractivity contribution < 1.29 is 18.7 Å². The Balaban J connectivity index is 3.49. The SMILES string of the molecule is COc1cc(C(C)=O)c(F)c(Br)c1OC. The molecule has 0 heterocycles. The zero-order valence-corrected chi connectivity index (χ0v) is 10.1. The summed E-state index contributed by atoms with van der Waals surface area (Å²) < 4.78 is 23.7. The lowest BCUT2D eigenvalue weighted by atomic mass is 10.1. The van der Waals surface area contributed by atoms with E-state index in [2.05, 4.69) is 15.9 Å². The summed E-state index contributed by atoms with van der Waals surface area (Å²) in [7, 11) is 2.82. The van der Waals surface area contributed by atoms with Crippen LogP contribution >= 0.6 is 15.9 Å². The number of ether oxygens (including phenoxy) is 2. The topological polar surface area (TPSA) is 35.5 Å². The first kappa shape index (κ1) is 12.0. The molecule has 0 bridgehead atoms. The molecule has 0 fully saturated rings. The van der Waals surface area contributed by atoms with Crippen LogP contribution in [-0.4, -0.2) is 20.0 Å². The van der Waals surface area contributed by atoms with Crippen molar-refractivity contribution >= 4 is 21.7 Å². The maximum absolute atomic E-state index is 13.6. The van der Waals surface area contributed by atoms with Crippen LogP contribution in [0.1, 0.15) is 17.3 Å². The smallest absolute Gasteiger partial charge is 0.177 e. The van der Waals surface area contributed by atoms with Gasteiger partial charge in [0.25, 0.3) is 0 Å². The monoisotopic (exact) mass is 276 g/mol. The molecule has 15 heavy (non-hydrogen) atoms. The molecule has 0 radical (unpaired) electrons. The van der Waals surface area contributed by atoms with E-state index < -0.39 is 5.82 Å². The lowest BCUT2D eigenvalue weighted by Crippen LogP contribution is -2.02. The molecule has 0 amide bonds. The first-order valence-electron chi connectivity index (χ1n) is 4.13. The average Bonchev–Trinajstić information content (AvgIpc) is 2.21. The number of methoxy groups -OCH3 is 2. The van der Waals surface area contributed by atoms with E-state index in [1.807, 2.05) is 0 Å². The Morgan fingerprint density at radius 2 is 2.00 bits per heavy atom. The lowest BCUT2D eigenvalue weighted by Gasteiger charge is -2.11. The average molecular weight is 277 g/mol. The number of hydrogen-bond donors (Lipinski definition) is 0. The fourth-order valence-electron chi connectivity index (χ4n) is 1.18. The summed E-state index contributed by atoms with van der Waals surface area (Å²) in [5, 5.41) is 0. The van der Waals surface area contributed by atoms with E-state index in [4.69, 9.17) is 9.47 Å². The highest BCUT2D eigenvalue weighted by atomic mass is 79.9. The Labute approximate surface area is 95.3 Å². The summed E-state index contributed by atoms with van der Waals surface area (Å²) in [6.07, 6.45) is 0. The lowest BCUT2D eigenvalue weighted by molar-refractivity contribution is 0.101. The molecule has 1 rings (SSSR count). The van der Waals surface area contributed by atoms with Gasteiger partial charge in [-0.25, -0.2) is 4.39 Å². The molecule has 1 aromatic rings. The largest absolute Gasteiger partial charge is 0.493 e. The van der Waals surface area contributed by atoms with Crippen LogP contribution in [0.2, 0.25) is 0 Å². The highest BCUT2D eigenvalue weighted by molar-refractivity contribution is 9.10. The minimum Gasteiger partial charge on any atom is -0.493 e. The third kappa shape index (κ3) is 2.12. The number of carbonyl (C=O) groups excluding carboxylic acids is 1. The Bertz CT molecular complexity index is 404. The maximum Gasteiger partial charge on any atom is 0.177 e. The summed E-state index contributed by atoms with van der Waals surface area (Å²) in [5.41, 5.74) is -0.0282. The van der Waals surface area contributed by atoms with Gasteiger partial charge in [0.2, 0.25) is 0 Å². The van der Waals surface area contributed by atoms with Gasteiger partial charge in [0, 0.05) is 0 Å². The zero-order valence-electron chi connectivity index (χ0n) is 8.56. The van der Waals surface area contributed by atoms with Crippen LogP contribution < -0.4 is 9.47 Å². The van der Waals surface area contributed by atoms with Crippen molar-refractivity contribution in [2.45, 2.75) is 6.92 Å². The molecule has 0 aliphatic rings. The molecule has 0 N–H and O–H groups in total. The van der Waals surface area contributed by atoms with Crippen LogP contribution in [0.15, 0.2) is 10.5 Å². The van der Waals surface area contributed by atoms with Crippen molar-refractivity contribution in [2.75, 3.05) is 14.2 Å². The molecule has 3 nitrogen and oxygen atoms in total. The van der Waals surface area contributed by atoms with Crippen LogP contribution in [-0.2, 0) is 0 Å². The van der Waals surface area contributed by atoms with E-state index in [1.165, 1.54) is 27.2 Å². The van der Waals surface area contributed by atoms with E-state index in [0.717, 1.165) is 0 Å². The predicted molar refractivity (Wildman–Crippen MR) is 57.2 cm³/mol. The van der Waals surface area contributed by atoms with E-state index in [1.54, 1.807) is 0 Å². The number of hydrogen-bond acceptors (Lipinski definition) is 3. The molecule has 0 aliphatic carbocycles. The van der Waals surface area contributed by atoms with Gasteiger partial charge >= 0.3 is 0 Å². The van der Waals surface area contributed by atoms with Gasteiger partial charge in [-0.15, -0.1) is 0 Å². The molecule has 0 aromatic heterocycles. The zero-order chi connectivity index (χ0) is 11.6. The Kier molecular flexibility index (Phi) is 3.68. The summed E-state index contributed by atoms with van der Waals surface area (Å²) >= 11 is 3.02. The van der Waals surface area contributed by atoms with Crippen LogP contribution in [0.5, 0.6) is 11.5 Å². The summed E-state index contributed by atoms with van der Waals surface area (Å²) in [4.78, 5) is 11.1. The second-order valence-electron chi connectivity index (χ2n) is 2.84. The van der Waals surface area contributed by atoms with E-state index >= 15 is 0 Å². The maximum atomic E-state index is 13.6. The normalized spacial score (nSPS) is 9.93. The molecular formula is C10H10BrFO3. The van der Waals surface area contributed by atoms with Gasteiger partial charge in [-0.05, 0) is 28.9 Å². The van der Waals surface area contributed by atoms with Gasteiger partial charge < -0.3 is 9.47 Å². The molecule has 0 saturated carbocycles. The third-order valence-corrected chi connectivity index (χ3v) is 2.64. The summed E-state index contributed by atoms with van der Waals surface area (Å²) in [5.74, 6) is -0.453. The van der Waals surface area contributed by atoms with Crippen LogP contribution in [0.25, 0.3) is 0 Å². The molecule has 0 saturated heterocycles. The van der Waals surface area contributed by atoms with Crippen LogP contribution in [0.4, 0.5) is 4.39 Å². The van der Waals surface area contributed by atoms with Crippen molar-refractivity contribution in [3.63, 3.8) is 0 Å². The fourth-order valence-corrected chi connectivity index (χ4v) is 1.75. The fraction of sp³-hybridized carbons (Fsp3) is 0.300. The second-order valence-corrected chi connectivity index (χ2v) is 3.64.